The van der Waals surface area contributed by atoms with Gasteiger partial charge in [-0.15, -0.1) is 0 Å². The minimum absolute atomic E-state index is 0.0544. The van der Waals surface area contributed by atoms with Crippen LogP contribution in [0.1, 0.15) is 18.0 Å². The van der Waals surface area contributed by atoms with E-state index < -0.39 is 6.04 Å². The SMILES string of the molecule is Cc1c(Cl)cccc1NC(=O)[C@H]1CC(=O)Nc2nc3ccccc3n21. The summed E-state index contributed by atoms with van der Waals surface area (Å²) >= 11 is 6.12. The number of hydrogen-bond donors (Lipinski definition) is 2. The number of hydrogen-bond acceptors (Lipinski definition) is 3. The number of rotatable bonds is 2. The Kier molecular flexibility index (Phi) is 3.69. The zero-order valence-electron chi connectivity index (χ0n) is 13.4. The summed E-state index contributed by atoms with van der Waals surface area (Å²) in [5.74, 6) is -0.115. The van der Waals surface area contributed by atoms with E-state index in [0.717, 1.165) is 16.6 Å². The number of fused-ring (bicyclic) bond motifs is 3. The minimum atomic E-state index is -0.672. The zero-order chi connectivity index (χ0) is 17.6. The smallest absolute Gasteiger partial charge is 0.248 e. The molecule has 1 atom stereocenters. The van der Waals surface area contributed by atoms with Gasteiger partial charge in [0.15, 0.2) is 0 Å². The lowest BCUT2D eigenvalue weighted by Gasteiger charge is -2.25. The Hall–Kier alpha value is -2.86. The molecule has 2 N–H and O–H groups in total. The average molecular weight is 355 g/mol. The zero-order valence-corrected chi connectivity index (χ0v) is 14.2. The predicted molar refractivity (Wildman–Crippen MR) is 96.8 cm³/mol. The molecule has 2 heterocycles. The van der Waals surface area contributed by atoms with Gasteiger partial charge in [-0.25, -0.2) is 4.98 Å². The molecular formula is C18H15ClN4O2. The van der Waals surface area contributed by atoms with Crippen LogP contribution < -0.4 is 10.6 Å². The molecule has 7 heteroatoms. The fraction of sp³-hybridized carbons (Fsp3) is 0.167. The van der Waals surface area contributed by atoms with Gasteiger partial charge in [0.1, 0.15) is 6.04 Å². The second-order valence-electron chi connectivity index (χ2n) is 5.96. The first-order valence-corrected chi connectivity index (χ1v) is 8.25. The molecule has 0 radical (unpaired) electrons. The van der Waals surface area contributed by atoms with Crippen LogP contribution >= 0.6 is 11.6 Å². The lowest BCUT2D eigenvalue weighted by atomic mass is 10.1. The number of nitrogens with zero attached hydrogens (tertiary/aromatic N) is 2. The second kappa shape index (κ2) is 5.89. The summed E-state index contributed by atoms with van der Waals surface area (Å²) in [6, 6.07) is 12.1. The van der Waals surface area contributed by atoms with E-state index in [1.165, 1.54) is 0 Å². The van der Waals surface area contributed by atoms with Gasteiger partial charge >= 0.3 is 0 Å². The van der Waals surface area contributed by atoms with Crippen molar-refractivity contribution in [2.75, 3.05) is 10.6 Å². The third-order valence-electron chi connectivity index (χ3n) is 4.37. The summed E-state index contributed by atoms with van der Waals surface area (Å²) in [7, 11) is 0. The number of aromatic nitrogens is 2. The monoisotopic (exact) mass is 354 g/mol. The molecule has 0 unspecified atom stereocenters. The van der Waals surface area contributed by atoms with Crippen LogP contribution in [0, 0.1) is 6.92 Å². The van der Waals surface area contributed by atoms with Crippen LogP contribution in [0.15, 0.2) is 42.5 Å². The molecule has 0 saturated heterocycles. The van der Waals surface area contributed by atoms with Crippen molar-refractivity contribution in [1.82, 2.24) is 9.55 Å². The first-order chi connectivity index (χ1) is 12.0. The number of carbonyl (C=O) groups excluding carboxylic acids is 2. The Morgan fingerprint density at radius 1 is 1.28 bits per heavy atom. The molecule has 2 aromatic carbocycles. The van der Waals surface area contributed by atoms with Crippen molar-refractivity contribution in [2.24, 2.45) is 0 Å². The van der Waals surface area contributed by atoms with Crippen LogP contribution in [0.5, 0.6) is 0 Å². The molecule has 126 valence electrons. The highest BCUT2D eigenvalue weighted by Gasteiger charge is 2.33. The highest BCUT2D eigenvalue weighted by atomic mass is 35.5. The van der Waals surface area contributed by atoms with Crippen molar-refractivity contribution in [1.29, 1.82) is 0 Å². The van der Waals surface area contributed by atoms with Gasteiger partial charge in [0.2, 0.25) is 17.8 Å². The lowest BCUT2D eigenvalue weighted by molar-refractivity contribution is -0.124. The quantitative estimate of drug-likeness (QED) is 0.739. The first kappa shape index (κ1) is 15.7. The van der Waals surface area contributed by atoms with E-state index in [2.05, 4.69) is 15.6 Å². The normalized spacial score (nSPS) is 16.4. The molecule has 6 nitrogen and oxygen atoms in total. The number of benzene rings is 2. The largest absolute Gasteiger partial charge is 0.324 e. The van der Waals surface area contributed by atoms with Gasteiger partial charge < -0.3 is 5.32 Å². The third kappa shape index (κ3) is 2.64. The second-order valence-corrected chi connectivity index (χ2v) is 6.37. The molecule has 0 fully saturated rings. The number of amides is 2. The van der Waals surface area contributed by atoms with Gasteiger partial charge in [0.25, 0.3) is 0 Å². The molecule has 25 heavy (non-hydrogen) atoms. The van der Waals surface area contributed by atoms with Crippen molar-refractivity contribution in [3.05, 3.63) is 53.1 Å². The van der Waals surface area contributed by atoms with Crippen molar-refractivity contribution < 1.29 is 9.59 Å². The summed E-state index contributed by atoms with van der Waals surface area (Å²) in [6.07, 6.45) is 0.0544. The summed E-state index contributed by atoms with van der Waals surface area (Å²) < 4.78 is 1.77. The molecular weight excluding hydrogens is 340 g/mol. The Bertz CT molecular complexity index is 1010. The molecule has 4 rings (SSSR count). The first-order valence-electron chi connectivity index (χ1n) is 7.87. The van der Waals surface area contributed by atoms with Gasteiger partial charge in [0.05, 0.1) is 17.5 Å². The molecule has 2 amide bonds. The fourth-order valence-electron chi connectivity index (χ4n) is 3.06. The average Bonchev–Trinajstić information content (AvgIpc) is 2.96. The number of halogens is 1. The molecule has 1 aliphatic rings. The molecule has 1 aromatic heterocycles. The van der Waals surface area contributed by atoms with Crippen molar-refractivity contribution in [3.63, 3.8) is 0 Å². The predicted octanol–water partition coefficient (Wildman–Crippen LogP) is 3.52. The summed E-state index contributed by atoms with van der Waals surface area (Å²) in [5, 5.41) is 6.19. The molecule has 0 aliphatic carbocycles. The minimum Gasteiger partial charge on any atom is -0.324 e. The van der Waals surface area contributed by atoms with Crippen molar-refractivity contribution in [3.8, 4) is 0 Å². The van der Waals surface area contributed by atoms with E-state index in [9.17, 15) is 9.59 Å². The van der Waals surface area contributed by atoms with Gasteiger partial charge in [-0.05, 0) is 36.8 Å². The Morgan fingerprint density at radius 3 is 2.92 bits per heavy atom. The van der Waals surface area contributed by atoms with E-state index >= 15 is 0 Å². The molecule has 3 aromatic rings. The van der Waals surface area contributed by atoms with Gasteiger partial charge in [-0.2, -0.15) is 0 Å². The van der Waals surface area contributed by atoms with Crippen LogP contribution in [0.4, 0.5) is 11.6 Å². The van der Waals surface area contributed by atoms with Crippen LogP contribution in [0.25, 0.3) is 11.0 Å². The summed E-state index contributed by atoms with van der Waals surface area (Å²) in [5.41, 5.74) is 2.96. The Balaban J connectivity index is 1.74. The highest BCUT2D eigenvalue weighted by Crippen LogP contribution is 2.32. The van der Waals surface area contributed by atoms with Gasteiger partial charge in [-0.1, -0.05) is 29.8 Å². The fourth-order valence-corrected chi connectivity index (χ4v) is 3.23. The molecule has 0 saturated carbocycles. The van der Waals surface area contributed by atoms with E-state index in [-0.39, 0.29) is 18.2 Å². The maximum absolute atomic E-state index is 12.9. The van der Waals surface area contributed by atoms with Gasteiger partial charge in [-0.3, -0.25) is 19.5 Å². The van der Waals surface area contributed by atoms with Crippen LogP contribution in [-0.2, 0) is 9.59 Å². The van der Waals surface area contributed by atoms with Gasteiger partial charge in [0, 0.05) is 10.7 Å². The molecule has 0 bridgehead atoms. The van der Waals surface area contributed by atoms with Crippen LogP contribution in [0.2, 0.25) is 5.02 Å². The summed E-state index contributed by atoms with van der Waals surface area (Å²) in [4.78, 5) is 29.3. The lowest BCUT2D eigenvalue weighted by Crippen LogP contribution is -2.35. The Labute approximate surface area is 148 Å². The van der Waals surface area contributed by atoms with Crippen LogP contribution in [0.3, 0.4) is 0 Å². The van der Waals surface area contributed by atoms with E-state index in [1.54, 1.807) is 22.8 Å². The standard InChI is InChI=1S/C18H15ClN4O2/c1-10-11(19)5-4-7-12(10)20-17(25)15-9-16(24)22-18-21-13-6-2-3-8-14(13)23(15)18/h2-8,15H,9H2,1H3,(H,20,25)(H,21,22,24)/t15-/m1/s1. The summed E-state index contributed by atoms with van der Waals surface area (Å²) in [6.45, 7) is 1.84. The van der Waals surface area contributed by atoms with Crippen molar-refractivity contribution >= 4 is 46.1 Å². The van der Waals surface area contributed by atoms with E-state index in [1.807, 2.05) is 31.2 Å². The molecule has 1 aliphatic heterocycles. The number of carbonyl (C=O) groups is 2. The van der Waals surface area contributed by atoms with Crippen molar-refractivity contribution in [2.45, 2.75) is 19.4 Å². The number of nitrogens with one attached hydrogen (secondary N) is 2. The number of para-hydroxylation sites is 2. The number of imidazole rings is 1. The Morgan fingerprint density at radius 2 is 2.08 bits per heavy atom. The topological polar surface area (TPSA) is 76.0 Å². The maximum atomic E-state index is 12.9. The third-order valence-corrected chi connectivity index (χ3v) is 4.78. The van der Waals surface area contributed by atoms with Crippen LogP contribution in [-0.4, -0.2) is 21.4 Å². The van der Waals surface area contributed by atoms with E-state index in [4.69, 9.17) is 11.6 Å². The van der Waals surface area contributed by atoms with E-state index in [0.29, 0.717) is 16.7 Å². The maximum Gasteiger partial charge on any atom is 0.248 e. The number of anilines is 2. The molecule has 0 spiro atoms. The highest BCUT2D eigenvalue weighted by molar-refractivity contribution is 6.31.